The molecule has 3 rings (SSSR count). The van der Waals surface area contributed by atoms with Crippen LogP contribution in [0.15, 0.2) is 48.5 Å². The molecule has 25 heavy (non-hydrogen) atoms. The first-order valence-electron chi connectivity index (χ1n) is 7.55. The van der Waals surface area contributed by atoms with Crippen LogP contribution in [0.1, 0.15) is 16.8 Å². The molecule has 1 aliphatic heterocycles. The standard InChI is InChI=1S/C17H14FN3O4/c18-12-4-6-14(7-5-12)20-10-13(9-16(20)22)19-17(23)11-2-1-3-15(8-11)21(24)25/h1-8,13H,9-10H2,(H,19,23). The summed E-state index contributed by atoms with van der Waals surface area (Å²) in [6.07, 6.45) is 0.109. The van der Waals surface area contributed by atoms with Crippen LogP contribution < -0.4 is 10.2 Å². The smallest absolute Gasteiger partial charge is 0.270 e. The van der Waals surface area contributed by atoms with E-state index < -0.39 is 22.7 Å². The maximum atomic E-state index is 13.0. The van der Waals surface area contributed by atoms with E-state index in [1.54, 1.807) is 0 Å². The average Bonchev–Trinajstić information content (AvgIpc) is 2.96. The van der Waals surface area contributed by atoms with Gasteiger partial charge in [0.25, 0.3) is 11.6 Å². The van der Waals surface area contributed by atoms with E-state index in [0.29, 0.717) is 5.69 Å². The summed E-state index contributed by atoms with van der Waals surface area (Å²) in [6, 6.07) is 10.5. The van der Waals surface area contributed by atoms with Gasteiger partial charge in [-0.3, -0.25) is 19.7 Å². The largest absolute Gasteiger partial charge is 0.347 e. The minimum absolute atomic E-state index is 0.109. The molecule has 1 heterocycles. The molecule has 0 bridgehead atoms. The molecule has 0 aromatic heterocycles. The molecule has 0 radical (unpaired) electrons. The van der Waals surface area contributed by atoms with Gasteiger partial charge in [-0.2, -0.15) is 0 Å². The van der Waals surface area contributed by atoms with E-state index in [2.05, 4.69) is 5.32 Å². The van der Waals surface area contributed by atoms with Crippen molar-refractivity contribution < 1.29 is 18.9 Å². The molecule has 1 fully saturated rings. The Morgan fingerprint density at radius 1 is 1.24 bits per heavy atom. The zero-order valence-electron chi connectivity index (χ0n) is 13.0. The van der Waals surface area contributed by atoms with Crippen molar-refractivity contribution in [3.63, 3.8) is 0 Å². The van der Waals surface area contributed by atoms with E-state index >= 15 is 0 Å². The van der Waals surface area contributed by atoms with Crippen molar-refractivity contribution in [2.24, 2.45) is 0 Å². The molecule has 1 unspecified atom stereocenters. The molecule has 128 valence electrons. The van der Waals surface area contributed by atoms with Crippen molar-refractivity contribution in [1.29, 1.82) is 0 Å². The summed E-state index contributed by atoms with van der Waals surface area (Å²) in [6.45, 7) is 0.255. The lowest BCUT2D eigenvalue weighted by Crippen LogP contribution is -2.37. The van der Waals surface area contributed by atoms with Crippen LogP contribution in [0.5, 0.6) is 0 Å². The molecule has 8 heteroatoms. The number of nitrogens with one attached hydrogen (secondary N) is 1. The third-order valence-electron chi connectivity index (χ3n) is 3.92. The highest BCUT2D eigenvalue weighted by molar-refractivity contribution is 5.99. The van der Waals surface area contributed by atoms with Crippen molar-refractivity contribution in [3.05, 3.63) is 70.0 Å². The lowest BCUT2D eigenvalue weighted by Gasteiger charge is -2.17. The number of hydrogen-bond acceptors (Lipinski definition) is 4. The molecule has 2 aromatic carbocycles. The van der Waals surface area contributed by atoms with Crippen LogP contribution in [-0.2, 0) is 4.79 Å². The number of anilines is 1. The van der Waals surface area contributed by atoms with Crippen LogP contribution in [0, 0.1) is 15.9 Å². The summed E-state index contributed by atoms with van der Waals surface area (Å²) >= 11 is 0. The number of rotatable bonds is 4. The Morgan fingerprint density at radius 2 is 1.96 bits per heavy atom. The Hall–Kier alpha value is -3.29. The quantitative estimate of drug-likeness (QED) is 0.681. The van der Waals surface area contributed by atoms with Gasteiger partial charge in [-0.25, -0.2) is 4.39 Å². The van der Waals surface area contributed by atoms with Crippen LogP contribution in [0.4, 0.5) is 15.8 Å². The zero-order chi connectivity index (χ0) is 18.0. The molecule has 1 atom stereocenters. The third kappa shape index (κ3) is 3.63. The van der Waals surface area contributed by atoms with Crippen LogP contribution in [-0.4, -0.2) is 29.3 Å². The highest BCUT2D eigenvalue weighted by Gasteiger charge is 2.31. The molecule has 1 saturated heterocycles. The summed E-state index contributed by atoms with van der Waals surface area (Å²) in [5.74, 6) is -1.07. The number of nitro groups is 1. The first-order chi connectivity index (χ1) is 11.9. The molecule has 0 saturated carbocycles. The second kappa shape index (κ2) is 6.68. The second-order valence-electron chi connectivity index (χ2n) is 5.66. The van der Waals surface area contributed by atoms with Crippen molar-refractivity contribution >= 4 is 23.2 Å². The number of carbonyl (C=O) groups excluding carboxylic acids is 2. The van der Waals surface area contributed by atoms with Gasteiger partial charge in [0.1, 0.15) is 5.82 Å². The number of benzene rings is 2. The number of amides is 2. The van der Waals surface area contributed by atoms with E-state index in [0.717, 1.165) is 0 Å². The maximum absolute atomic E-state index is 13.0. The predicted octanol–water partition coefficient (Wildman–Crippen LogP) is 2.27. The fourth-order valence-corrected chi connectivity index (χ4v) is 2.70. The first kappa shape index (κ1) is 16.6. The van der Waals surface area contributed by atoms with E-state index in [1.807, 2.05) is 0 Å². The number of nitrogens with zero attached hydrogens (tertiary/aromatic N) is 2. The molecule has 7 nitrogen and oxygen atoms in total. The zero-order valence-corrected chi connectivity index (χ0v) is 13.0. The SMILES string of the molecule is O=C(NC1CC(=O)N(c2ccc(F)cc2)C1)c1cccc([N+](=O)[O-])c1. The van der Waals surface area contributed by atoms with Crippen molar-refractivity contribution in [2.45, 2.75) is 12.5 Å². The summed E-state index contributed by atoms with van der Waals surface area (Å²) in [7, 11) is 0. The fraction of sp³-hybridized carbons (Fsp3) is 0.176. The molecule has 0 spiro atoms. The van der Waals surface area contributed by atoms with Gasteiger partial charge in [0.15, 0.2) is 0 Å². The highest BCUT2D eigenvalue weighted by atomic mass is 19.1. The normalized spacial score (nSPS) is 16.8. The van der Waals surface area contributed by atoms with Gasteiger partial charge in [-0.15, -0.1) is 0 Å². The number of carbonyl (C=O) groups is 2. The fourth-order valence-electron chi connectivity index (χ4n) is 2.70. The molecule has 2 amide bonds. The molecule has 1 N–H and O–H groups in total. The predicted molar refractivity (Wildman–Crippen MR) is 87.7 cm³/mol. The van der Waals surface area contributed by atoms with Crippen molar-refractivity contribution in [2.75, 3.05) is 11.4 Å². The first-order valence-corrected chi connectivity index (χ1v) is 7.55. The Balaban J connectivity index is 1.69. The second-order valence-corrected chi connectivity index (χ2v) is 5.66. The van der Waals surface area contributed by atoms with Gasteiger partial charge in [-0.1, -0.05) is 6.07 Å². The van der Waals surface area contributed by atoms with Gasteiger partial charge in [0.2, 0.25) is 5.91 Å². The average molecular weight is 343 g/mol. The van der Waals surface area contributed by atoms with Crippen LogP contribution in [0.2, 0.25) is 0 Å². The van der Waals surface area contributed by atoms with Crippen LogP contribution in [0.25, 0.3) is 0 Å². The molecular weight excluding hydrogens is 329 g/mol. The molecule has 2 aromatic rings. The third-order valence-corrected chi connectivity index (χ3v) is 3.92. The van der Waals surface area contributed by atoms with Crippen molar-refractivity contribution in [3.8, 4) is 0 Å². The van der Waals surface area contributed by atoms with Gasteiger partial charge >= 0.3 is 0 Å². The summed E-state index contributed by atoms with van der Waals surface area (Å²) in [5, 5.41) is 13.5. The number of hydrogen-bond donors (Lipinski definition) is 1. The summed E-state index contributed by atoms with van der Waals surface area (Å²) in [5.41, 5.74) is 0.531. The monoisotopic (exact) mass is 343 g/mol. The van der Waals surface area contributed by atoms with E-state index in [-0.39, 0.29) is 30.1 Å². The van der Waals surface area contributed by atoms with Crippen LogP contribution >= 0.6 is 0 Å². The van der Waals surface area contributed by atoms with Gasteiger partial charge < -0.3 is 10.2 Å². The number of nitro benzene ring substituents is 1. The van der Waals surface area contributed by atoms with Crippen molar-refractivity contribution in [1.82, 2.24) is 5.32 Å². The number of halogens is 1. The lowest BCUT2D eigenvalue weighted by atomic mass is 10.1. The Kier molecular flexibility index (Phi) is 4.42. The van der Waals surface area contributed by atoms with E-state index in [1.165, 1.54) is 53.4 Å². The maximum Gasteiger partial charge on any atom is 0.270 e. The molecule has 1 aliphatic rings. The highest BCUT2D eigenvalue weighted by Crippen LogP contribution is 2.22. The van der Waals surface area contributed by atoms with Gasteiger partial charge in [-0.05, 0) is 30.3 Å². The topological polar surface area (TPSA) is 92.6 Å². The minimum atomic E-state index is -0.577. The Bertz CT molecular complexity index is 838. The Morgan fingerprint density at radius 3 is 2.64 bits per heavy atom. The molecular formula is C17H14FN3O4. The van der Waals surface area contributed by atoms with Gasteiger partial charge in [0, 0.05) is 36.3 Å². The Labute approximate surface area is 142 Å². The van der Waals surface area contributed by atoms with Crippen LogP contribution in [0.3, 0.4) is 0 Å². The van der Waals surface area contributed by atoms with E-state index in [4.69, 9.17) is 0 Å². The number of non-ortho nitro benzene ring substituents is 1. The summed E-state index contributed by atoms with van der Waals surface area (Å²) in [4.78, 5) is 36.1. The van der Waals surface area contributed by atoms with E-state index in [9.17, 15) is 24.1 Å². The van der Waals surface area contributed by atoms with Gasteiger partial charge in [0.05, 0.1) is 11.0 Å². The minimum Gasteiger partial charge on any atom is -0.347 e. The summed E-state index contributed by atoms with van der Waals surface area (Å²) < 4.78 is 13.0. The molecule has 0 aliphatic carbocycles. The lowest BCUT2D eigenvalue weighted by molar-refractivity contribution is -0.384.